The van der Waals surface area contributed by atoms with Gasteiger partial charge in [-0.15, -0.1) is 0 Å². The lowest BCUT2D eigenvalue weighted by atomic mass is 9.89. The second-order valence-corrected chi connectivity index (χ2v) is 6.70. The van der Waals surface area contributed by atoms with Crippen molar-refractivity contribution in [1.29, 1.82) is 0 Å². The average molecular weight is 327 g/mol. The van der Waals surface area contributed by atoms with Crippen molar-refractivity contribution in [3.05, 3.63) is 65.0 Å². The van der Waals surface area contributed by atoms with Gasteiger partial charge in [0.05, 0.1) is 0 Å². The number of hydrogen-bond acceptors (Lipinski definition) is 2. The molecule has 0 bridgehead atoms. The molecule has 2 aromatic carbocycles. The van der Waals surface area contributed by atoms with Gasteiger partial charge >= 0.3 is 0 Å². The number of benzene rings is 2. The molecule has 3 heteroatoms. The molecule has 0 fully saturated rings. The largest absolute Gasteiger partial charge is 0.505 e. The molecule has 0 aromatic heterocycles. The van der Waals surface area contributed by atoms with E-state index in [1.54, 1.807) is 12.1 Å². The molecule has 2 atom stereocenters. The number of halogens is 1. The first-order valence-corrected chi connectivity index (χ1v) is 8.96. The summed E-state index contributed by atoms with van der Waals surface area (Å²) < 4.78 is 14.0. The Balaban J connectivity index is 2.05. The third kappa shape index (κ3) is 3.18. The average Bonchev–Trinajstić information content (AvgIpc) is 2.94. The van der Waals surface area contributed by atoms with Gasteiger partial charge in [0, 0.05) is 12.0 Å². The van der Waals surface area contributed by atoms with Crippen LogP contribution in [-0.2, 0) is 6.42 Å². The van der Waals surface area contributed by atoms with Crippen molar-refractivity contribution >= 4 is 0 Å². The number of aromatic hydroxyl groups is 1. The second kappa shape index (κ2) is 7.35. The summed E-state index contributed by atoms with van der Waals surface area (Å²) in [7, 11) is 0. The van der Waals surface area contributed by atoms with Crippen molar-refractivity contribution in [2.75, 3.05) is 13.1 Å². The van der Waals surface area contributed by atoms with E-state index in [1.807, 2.05) is 18.2 Å². The van der Waals surface area contributed by atoms with Gasteiger partial charge in [0.2, 0.25) is 0 Å². The van der Waals surface area contributed by atoms with Gasteiger partial charge in [-0.3, -0.25) is 4.90 Å². The predicted octanol–water partition coefficient (Wildman–Crippen LogP) is 4.71. The van der Waals surface area contributed by atoms with Crippen LogP contribution < -0.4 is 0 Å². The van der Waals surface area contributed by atoms with Crippen LogP contribution in [0.1, 0.15) is 49.3 Å². The van der Waals surface area contributed by atoms with Crippen LogP contribution in [0.3, 0.4) is 0 Å². The van der Waals surface area contributed by atoms with Crippen molar-refractivity contribution in [2.45, 2.75) is 45.1 Å². The zero-order valence-corrected chi connectivity index (χ0v) is 14.5. The minimum Gasteiger partial charge on any atom is -0.505 e. The summed E-state index contributed by atoms with van der Waals surface area (Å²) in [6.07, 6.45) is 3.07. The maximum Gasteiger partial charge on any atom is 0.165 e. The Morgan fingerprint density at radius 3 is 2.38 bits per heavy atom. The van der Waals surface area contributed by atoms with Crippen LogP contribution in [0.2, 0.25) is 0 Å². The minimum atomic E-state index is -0.520. The van der Waals surface area contributed by atoms with Gasteiger partial charge in [0.25, 0.3) is 0 Å². The molecule has 2 aromatic rings. The molecule has 2 nitrogen and oxygen atoms in total. The Morgan fingerprint density at radius 2 is 1.75 bits per heavy atom. The third-order valence-corrected chi connectivity index (χ3v) is 5.01. The highest BCUT2D eigenvalue weighted by atomic mass is 19.1. The second-order valence-electron chi connectivity index (χ2n) is 6.70. The van der Waals surface area contributed by atoms with Crippen molar-refractivity contribution in [3.8, 4) is 5.75 Å². The molecule has 1 N–H and O–H groups in total. The zero-order valence-electron chi connectivity index (χ0n) is 14.5. The summed E-state index contributed by atoms with van der Waals surface area (Å²) in [5, 5.41) is 9.78. The fourth-order valence-corrected chi connectivity index (χ4v) is 4.06. The molecule has 0 saturated heterocycles. The van der Waals surface area contributed by atoms with Crippen LogP contribution in [0, 0.1) is 5.82 Å². The number of fused-ring (bicyclic) bond motifs is 1. The summed E-state index contributed by atoms with van der Waals surface area (Å²) in [5.41, 5.74) is 3.33. The van der Waals surface area contributed by atoms with Crippen LogP contribution in [0.4, 0.5) is 4.39 Å². The Labute approximate surface area is 143 Å². The molecule has 3 rings (SSSR count). The Hall–Kier alpha value is -1.87. The first kappa shape index (κ1) is 17.0. The predicted molar refractivity (Wildman–Crippen MR) is 96.0 cm³/mol. The lowest BCUT2D eigenvalue weighted by Gasteiger charge is -2.33. The lowest BCUT2D eigenvalue weighted by Crippen LogP contribution is -2.39. The highest BCUT2D eigenvalue weighted by molar-refractivity contribution is 5.48. The molecule has 128 valence electrons. The van der Waals surface area contributed by atoms with E-state index < -0.39 is 5.82 Å². The maximum absolute atomic E-state index is 14.0. The van der Waals surface area contributed by atoms with E-state index in [1.165, 1.54) is 5.56 Å². The standard InChI is InChI=1S/C21H26FNO/c1-3-10-23(11-4-2)19-12-16-13-20(24)18(22)14-17(16)21(19)15-8-6-5-7-9-15/h5-9,13-14,19,21,24H,3-4,10-12H2,1-2H3/t19-,21-/m1/s1. The fourth-order valence-electron chi connectivity index (χ4n) is 4.06. The molecule has 0 unspecified atom stereocenters. The minimum absolute atomic E-state index is 0.161. The Bertz CT molecular complexity index is 680. The molecule has 0 heterocycles. The highest BCUT2D eigenvalue weighted by Crippen LogP contribution is 2.43. The van der Waals surface area contributed by atoms with Gasteiger partial charge in [0.15, 0.2) is 11.6 Å². The molecule has 0 aliphatic heterocycles. The monoisotopic (exact) mass is 327 g/mol. The summed E-state index contributed by atoms with van der Waals surface area (Å²) in [4.78, 5) is 2.53. The molecule has 0 amide bonds. The van der Waals surface area contributed by atoms with E-state index in [2.05, 4.69) is 30.9 Å². The van der Waals surface area contributed by atoms with Gasteiger partial charge in [-0.05, 0) is 61.2 Å². The topological polar surface area (TPSA) is 23.5 Å². The number of phenolic OH excluding ortho intramolecular Hbond substituents is 1. The van der Waals surface area contributed by atoms with Crippen molar-refractivity contribution in [3.63, 3.8) is 0 Å². The van der Waals surface area contributed by atoms with Crippen molar-refractivity contribution in [2.24, 2.45) is 0 Å². The molecular weight excluding hydrogens is 301 g/mol. The highest BCUT2D eigenvalue weighted by Gasteiger charge is 2.37. The molecule has 1 aliphatic carbocycles. The number of hydrogen-bond donors (Lipinski definition) is 1. The van der Waals surface area contributed by atoms with Crippen LogP contribution in [0.5, 0.6) is 5.75 Å². The van der Waals surface area contributed by atoms with Crippen LogP contribution in [0.25, 0.3) is 0 Å². The summed E-state index contributed by atoms with van der Waals surface area (Å²) in [5.74, 6) is -0.596. The van der Waals surface area contributed by atoms with Gasteiger partial charge in [0.1, 0.15) is 0 Å². The van der Waals surface area contributed by atoms with Crippen molar-refractivity contribution in [1.82, 2.24) is 4.90 Å². The van der Waals surface area contributed by atoms with E-state index in [9.17, 15) is 9.50 Å². The molecule has 0 saturated carbocycles. The van der Waals surface area contributed by atoms with Crippen LogP contribution in [-0.4, -0.2) is 29.1 Å². The Kier molecular flexibility index (Phi) is 5.20. The lowest BCUT2D eigenvalue weighted by molar-refractivity contribution is 0.189. The smallest absolute Gasteiger partial charge is 0.165 e. The van der Waals surface area contributed by atoms with Crippen LogP contribution >= 0.6 is 0 Å². The molecule has 0 spiro atoms. The molecule has 1 aliphatic rings. The van der Waals surface area contributed by atoms with Gasteiger partial charge in [-0.2, -0.15) is 0 Å². The van der Waals surface area contributed by atoms with Gasteiger partial charge in [-0.1, -0.05) is 44.2 Å². The summed E-state index contributed by atoms with van der Waals surface area (Å²) in [6.45, 7) is 6.50. The van der Waals surface area contributed by atoms with E-state index >= 15 is 0 Å². The molecule has 24 heavy (non-hydrogen) atoms. The quantitative estimate of drug-likeness (QED) is 0.830. The van der Waals surface area contributed by atoms with E-state index in [4.69, 9.17) is 0 Å². The first-order valence-electron chi connectivity index (χ1n) is 8.96. The fraction of sp³-hybridized carbons (Fsp3) is 0.429. The molecular formula is C21H26FNO. The first-order chi connectivity index (χ1) is 11.7. The SMILES string of the molecule is CCCN(CCC)[C@@H]1Cc2cc(O)c(F)cc2[C@H]1c1ccccc1. The van der Waals surface area contributed by atoms with E-state index in [0.29, 0.717) is 6.04 Å². The van der Waals surface area contributed by atoms with Crippen molar-refractivity contribution < 1.29 is 9.50 Å². The normalized spacial score (nSPS) is 19.7. The number of rotatable bonds is 6. The number of phenols is 1. The van der Waals surface area contributed by atoms with E-state index in [-0.39, 0.29) is 11.7 Å². The van der Waals surface area contributed by atoms with Gasteiger partial charge < -0.3 is 5.11 Å². The maximum atomic E-state index is 14.0. The molecule has 0 radical (unpaired) electrons. The van der Waals surface area contributed by atoms with E-state index in [0.717, 1.165) is 43.5 Å². The van der Waals surface area contributed by atoms with Crippen LogP contribution in [0.15, 0.2) is 42.5 Å². The van der Waals surface area contributed by atoms with Gasteiger partial charge in [-0.25, -0.2) is 4.39 Å². The zero-order chi connectivity index (χ0) is 17.1. The summed E-state index contributed by atoms with van der Waals surface area (Å²) in [6, 6.07) is 13.9. The third-order valence-electron chi connectivity index (χ3n) is 5.01. The Morgan fingerprint density at radius 1 is 1.08 bits per heavy atom. The number of nitrogens with zero attached hydrogens (tertiary/aromatic N) is 1. The summed E-state index contributed by atoms with van der Waals surface area (Å²) >= 11 is 0.